The van der Waals surface area contributed by atoms with Gasteiger partial charge in [-0.3, -0.25) is 4.98 Å². The number of aryl methyl sites for hydroxylation is 1. The molecule has 0 fully saturated rings. The number of rotatable bonds is 3. The lowest BCUT2D eigenvalue weighted by Gasteiger charge is -2.03. The second-order valence-corrected chi connectivity index (χ2v) is 3.23. The summed E-state index contributed by atoms with van der Waals surface area (Å²) < 4.78 is 5.41. The number of hydrogen-bond donors (Lipinski definition) is 2. The molecule has 2 aromatic rings. The molecule has 0 aliphatic heterocycles. The van der Waals surface area contributed by atoms with Crippen LogP contribution in [0, 0.1) is 6.92 Å². The lowest BCUT2D eigenvalue weighted by Crippen LogP contribution is -2.02. The molecule has 0 spiro atoms. The van der Waals surface area contributed by atoms with Crippen molar-refractivity contribution in [2.45, 2.75) is 13.5 Å². The summed E-state index contributed by atoms with van der Waals surface area (Å²) in [6.45, 7) is 2.26. The lowest BCUT2D eigenvalue weighted by molar-refractivity contribution is 0.296. The summed E-state index contributed by atoms with van der Waals surface area (Å²) in [6.07, 6.45) is 0. The van der Waals surface area contributed by atoms with Gasteiger partial charge in [0, 0.05) is 0 Å². The number of aromatic nitrogens is 3. The average molecular weight is 205 g/mol. The highest BCUT2D eigenvalue weighted by atomic mass is 16.5. The van der Waals surface area contributed by atoms with Gasteiger partial charge in [0.25, 0.3) is 0 Å². The van der Waals surface area contributed by atoms with Crippen LogP contribution < -0.4 is 10.4 Å². The van der Waals surface area contributed by atoms with Crippen molar-refractivity contribution < 1.29 is 4.74 Å². The number of H-pyrrole nitrogens is 2. The summed E-state index contributed by atoms with van der Waals surface area (Å²) in [6, 6.07) is 7.67. The van der Waals surface area contributed by atoms with Gasteiger partial charge in [0.15, 0.2) is 5.82 Å². The zero-order chi connectivity index (χ0) is 10.7. The van der Waals surface area contributed by atoms with Crippen molar-refractivity contribution >= 4 is 0 Å². The summed E-state index contributed by atoms with van der Waals surface area (Å²) in [5, 5.41) is 6.00. The number of hydrogen-bond acceptors (Lipinski definition) is 3. The van der Waals surface area contributed by atoms with Gasteiger partial charge >= 0.3 is 5.69 Å². The normalized spacial score (nSPS) is 10.2. The van der Waals surface area contributed by atoms with Crippen molar-refractivity contribution in [3.05, 3.63) is 46.1 Å². The van der Waals surface area contributed by atoms with Gasteiger partial charge in [-0.05, 0) is 19.1 Å². The third kappa shape index (κ3) is 2.46. The first-order valence-electron chi connectivity index (χ1n) is 4.57. The molecule has 15 heavy (non-hydrogen) atoms. The van der Waals surface area contributed by atoms with E-state index in [1.165, 1.54) is 5.56 Å². The van der Waals surface area contributed by atoms with Crippen molar-refractivity contribution in [2.75, 3.05) is 0 Å². The van der Waals surface area contributed by atoms with Crippen LogP contribution in [-0.4, -0.2) is 15.2 Å². The van der Waals surface area contributed by atoms with Crippen LogP contribution in [0.25, 0.3) is 0 Å². The highest BCUT2D eigenvalue weighted by Gasteiger charge is 1.99. The summed E-state index contributed by atoms with van der Waals surface area (Å²) >= 11 is 0. The Labute approximate surface area is 86.1 Å². The van der Waals surface area contributed by atoms with E-state index in [1.54, 1.807) is 0 Å². The molecular weight excluding hydrogens is 194 g/mol. The van der Waals surface area contributed by atoms with E-state index < -0.39 is 0 Å². The Morgan fingerprint density at radius 2 is 2.07 bits per heavy atom. The quantitative estimate of drug-likeness (QED) is 0.784. The molecule has 78 valence electrons. The predicted octanol–water partition coefficient (Wildman–Crippen LogP) is 0.985. The molecule has 0 aliphatic rings. The maximum atomic E-state index is 10.7. The largest absolute Gasteiger partial charge is 0.486 e. The third-order valence-electron chi connectivity index (χ3n) is 1.95. The van der Waals surface area contributed by atoms with Crippen molar-refractivity contribution in [1.29, 1.82) is 0 Å². The van der Waals surface area contributed by atoms with Gasteiger partial charge in [-0.1, -0.05) is 17.7 Å². The maximum Gasteiger partial charge on any atom is 0.340 e. The van der Waals surface area contributed by atoms with Crippen LogP contribution in [-0.2, 0) is 6.61 Å². The third-order valence-corrected chi connectivity index (χ3v) is 1.95. The number of nitrogens with zero attached hydrogens (tertiary/aromatic N) is 1. The molecule has 0 saturated carbocycles. The Hall–Kier alpha value is -2.04. The van der Waals surface area contributed by atoms with Crippen molar-refractivity contribution in [3.8, 4) is 5.75 Å². The molecule has 1 aromatic carbocycles. The van der Waals surface area contributed by atoms with Gasteiger partial charge in [0.2, 0.25) is 0 Å². The van der Waals surface area contributed by atoms with E-state index in [1.807, 2.05) is 31.2 Å². The zero-order valence-electron chi connectivity index (χ0n) is 8.28. The minimum Gasteiger partial charge on any atom is -0.486 e. The topological polar surface area (TPSA) is 70.8 Å². The first-order chi connectivity index (χ1) is 7.24. The summed E-state index contributed by atoms with van der Waals surface area (Å²) in [4.78, 5) is 13.2. The Bertz CT molecular complexity index is 484. The number of ether oxygens (including phenoxy) is 1. The molecule has 2 rings (SSSR count). The minimum absolute atomic E-state index is 0.252. The van der Waals surface area contributed by atoms with Gasteiger partial charge in [-0.15, -0.1) is 0 Å². The van der Waals surface area contributed by atoms with E-state index in [-0.39, 0.29) is 12.3 Å². The highest BCUT2D eigenvalue weighted by molar-refractivity contribution is 5.26. The molecule has 0 unspecified atom stereocenters. The summed E-state index contributed by atoms with van der Waals surface area (Å²) in [7, 11) is 0. The van der Waals surface area contributed by atoms with Crippen molar-refractivity contribution in [3.63, 3.8) is 0 Å². The van der Waals surface area contributed by atoms with Crippen LogP contribution >= 0.6 is 0 Å². The first-order valence-corrected chi connectivity index (χ1v) is 4.57. The van der Waals surface area contributed by atoms with Crippen LogP contribution in [0.15, 0.2) is 29.1 Å². The lowest BCUT2D eigenvalue weighted by atomic mass is 10.2. The molecule has 1 heterocycles. The van der Waals surface area contributed by atoms with E-state index in [0.717, 1.165) is 5.75 Å². The smallest absolute Gasteiger partial charge is 0.340 e. The van der Waals surface area contributed by atoms with E-state index in [2.05, 4.69) is 15.2 Å². The average Bonchev–Trinajstić information content (AvgIpc) is 2.64. The molecule has 5 nitrogen and oxygen atoms in total. The Morgan fingerprint density at radius 1 is 1.33 bits per heavy atom. The van der Waals surface area contributed by atoms with Crippen LogP contribution in [0.4, 0.5) is 0 Å². The van der Waals surface area contributed by atoms with Crippen LogP contribution in [0.1, 0.15) is 11.4 Å². The maximum absolute atomic E-state index is 10.7. The Kier molecular flexibility index (Phi) is 2.53. The SMILES string of the molecule is Cc1ccc(OCc2n[nH]c(=O)[nH]2)cc1. The van der Waals surface area contributed by atoms with E-state index >= 15 is 0 Å². The van der Waals surface area contributed by atoms with Gasteiger partial charge in [-0.25, -0.2) is 9.89 Å². The van der Waals surface area contributed by atoms with Crippen molar-refractivity contribution in [1.82, 2.24) is 15.2 Å². The van der Waals surface area contributed by atoms with Crippen LogP contribution in [0.5, 0.6) is 5.75 Å². The standard InChI is InChI=1S/C10H11N3O2/c1-7-2-4-8(5-3-7)15-6-9-11-10(14)13-12-9/h2-5H,6H2,1H3,(H2,11,12,13,14). The fourth-order valence-corrected chi connectivity index (χ4v) is 1.16. The summed E-state index contributed by atoms with van der Waals surface area (Å²) in [5.41, 5.74) is 0.855. The first kappa shape index (κ1) is 9.51. The molecule has 0 atom stereocenters. The monoisotopic (exact) mass is 205 g/mol. The van der Waals surface area contributed by atoms with E-state index in [4.69, 9.17) is 4.74 Å². The van der Waals surface area contributed by atoms with E-state index in [9.17, 15) is 4.79 Å². The molecular formula is C10H11N3O2. The second kappa shape index (κ2) is 4.00. The van der Waals surface area contributed by atoms with Gasteiger partial charge < -0.3 is 4.74 Å². The molecule has 0 amide bonds. The van der Waals surface area contributed by atoms with Crippen molar-refractivity contribution in [2.24, 2.45) is 0 Å². The highest BCUT2D eigenvalue weighted by Crippen LogP contribution is 2.12. The molecule has 0 saturated heterocycles. The van der Waals surface area contributed by atoms with Gasteiger partial charge in [0.05, 0.1) is 0 Å². The van der Waals surface area contributed by atoms with Gasteiger partial charge in [-0.2, -0.15) is 5.10 Å². The van der Waals surface area contributed by atoms with E-state index in [0.29, 0.717) is 5.82 Å². The molecule has 1 aromatic heterocycles. The molecule has 0 radical (unpaired) electrons. The summed E-state index contributed by atoms with van der Waals surface area (Å²) in [5.74, 6) is 1.24. The molecule has 2 N–H and O–H groups in total. The minimum atomic E-state index is -0.322. The molecule has 0 bridgehead atoms. The Balaban J connectivity index is 1.99. The number of benzene rings is 1. The molecule has 0 aliphatic carbocycles. The van der Waals surface area contributed by atoms with Gasteiger partial charge in [0.1, 0.15) is 12.4 Å². The second-order valence-electron chi connectivity index (χ2n) is 3.23. The predicted molar refractivity (Wildman–Crippen MR) is 54.7 cm³/mol. The van der Waals surface area contributed by atoms with Crippen LogP contribution in [0.3, 0.4) is 0 Å². The van der Waals surface area contributed by atoms with Crippen LogP contribution in [0.2, 0.25) is 0 Å². The molecule has 5 heteroatoms. The number of nitrogens with one attached hydrogen (secondary N) is 2. The number of aromatic amines is 2. The zero-order valence-corrected chi connectivity index (χ0v) is 8.28. The fraction of sp³-hybridized carbons (Fsp3) is 0.200. The Morgan fingerprint density at radius 3 is 2.67 bits per heavy atom. The fourth-order valence-electron chi connectivity index (χ4n) is 1.16.